The number of nitrogens with zero attached hydrogens (tertiary/aromatic N) is 3. The molecule has 0 bridgehead atoms. The Hall–Kier alpha value is -2.77. The van der Waals surface area contributed by atoms with Gasteiger partial charge in [0, 0.05) is 18.7 Å². The lowest BCUT2D eigenvalue weighted by atomic mass is 10.2. The van der Waals surface area contributed by atoms with Crippen LogP contribution < -0.4 is 0 Å². The van der Waals surface area contributed by atoms with Gasteiger partial charge in [-0.1, -0.05) is 30.2 Å². The number of pyridine rings is 1. The minimum Gasteiger partial charge on any atom is -0.372 e. The van der Waals surface area contributed by atoms with Crippen LogP contribution in [0.15, 0.2) is 48.7 Å². The minimum atomic E-state index is 0.387. The number of para-hydroxylation sites is 1. The Morgan fingerprint density at radius 2 is 1.95 bits per heavy atom. The van der Waals surface area contributed by atoms with Gasteiger partial charge in [-0.05, 0) is 24.1 Å². The summed E-state index contributed by atoms with van der Waals surface area (Å²) in [4.78, 5) is 13.4. The van der Waals surface area contributed by atoms with Crippen LogP contribution in [0.1, 0.15) is 5.69 Å². The molecule has 102 valence electrons. The van der Waals surface area contributed by atoms with Crippen molar-refractivity contribution in [2.24, 2.45) is 0 Å². The maximum Gasteiger partial charge on any atom is 0.178 e. The van der Waals surface area contributed by atoms with Crippen molar-refractivity contribution in [2.45, 2.75) is 0 Å². The number of hydrogen-bond donors (Lipinski definition) is 0. The van der Waals surface area contributed by atoms with Gasteiger partial charge < -0.3 is 4.74 Å². The van der Waals surface area contributed by atoms with Gasteiger partial charge in [-0.25, -0.2) is 15.0 Å². The van der Waals surface area contributed by atoms with Gasteiger partial charge >= 0.3 is 0 Å². The van der Waals surface area contributed by atoms with Gasteiger partial charge in [0.2, 0.25) is 0 Å². The van der Waals surface area contributed by atoms with E-state index in [4.69, 9.17) is 4.74 Å². The average Bonchev–Trinajstić information content (AvgIpc) is 2.55. The molecule has 3 aromatic rings. The second-order valence-electron chi connectivity index (χ2n) is 4.40. The number of methoxy groups -OCH3 is 1. The van der Waals surface area contributed by atoms with Crippen molar-refractivity contribution in [3.63, 3.8) is 0 Å². The first-order valence-electron chi connectivity index (χ1n) is 6.54. The zero-order chi connectivity index (χ0) is 14.5. The minimum absolute atomic E-state index is 0.387. The molecule has 0 unspecified atom stereocenters. The number of benzene rings is 1. The predicted octanol–water partition coefficient (Wildman–Crippen LogP) is 2.69. The highest BCUT2D eigenvalue weighted by Gasteiger charge is 2.04. The van der Waals surface area contributed by atoms with E-state index < -0.39 is 0 Å². The third kappa shape index (κ3) is 3.04. The molecule has 1 aromatic carbocycles. The van der Waals surface area contributed by atoms with E-state index in [-0.39, 0.29) is 0 Å². The van der Waals surface area contributed by atoms with Crippen LogP contribution in [0.5, 0.6) is 0 Å². The van der Waals surface area contributed by atoms with E-state index in [0.29, 0.717) is 23.8 Å². The van der Waals surface area contributed by atoms with Crippen LogP contribution in [0.4, 0.5) is 0 Å². The van der Waals surface area contributed by atoms with Crippen LogP contribution in [0.2, 0.25) is 0 Å². The maximum absolute atomic E-state index is 4.90. The van der Waals surface area contributed by atoms with Crippen molar-refractivity contribution in [2.75, 3.05) is 13.7 Å². The van der Waals surface area contributed by atoms with Crippen molar-refractivity contribution in [3.05, 3.63) is 54.4 Å². The molecule has 0 saturated heterocycles. The van der Waals surface area contributed by atoms with E-state index in [2.05, 4.69) is 26.8 Å². The standard InChI is InChI=1S/C17H13N3O/c1-21-11-5-8-14-7-4-10-16(19-14)17-18-12-13-6-2-3-9-15(13)20-17/h2-4,6-7,9-10,12H,11H2,1H3. The largest absolute Gasteiger partial charge is 0.372 e. The van der Waals surface area contributed by atoms with E-state index in [9.17, 15) is 0 Å². The van der Waals surface area contributed by atoms with Gasteiger partial charge in [-0.15, -0.1) is 0 Å². The molecule has 4 heteroatoms. The van der Waals surface area contributed by atoms with Gasteiger partial charge in [-0.3, -0.25) is 0 Å². The van der Waals surface area contributed by atoms with Crippen molar-refractivity contribution < 1.29 is 4.74 Å². The van der Waals surface area contributed by atoms with E-state index in [0.717, 1.165) is 10.9 Å². The molecule has 0 spiro atoms. The first-order valence-corrected chi connectivity index (χ1v) is 6.54. The van der Waals surface area contributed by atoms with Gasteiger partial charge in [0.15, 0.2) is 5.82 Å². The molecule has 0 aliphatic carbocycles. The molecule has 0 amide bonds. The Morgan fingerprint density at radius 3 is 2.86 bits per heavy atom. The van der Waals surface area contributed by atoms with Crippen molar-refractivity contribution in [1.82, 2.24) is 15.0 Å². The van der Waals surface area contributed by atoms with Crippen LogP contribution in [-0.4, -0.2) is 28.7 Å². The fraction of sp³-hybridized carbons (Fsp3) is 0.118. The molecule has 0 N–H and O–H groups in total. The van der Waals surface area contributed by atoms with Gasteiger partial charge in [0.25, 0.3) is 0 Å². The number of fused-ring (bicyclic) bond motifs is 1. The Kier molecular flexibility index (Phi) is 3.85. The third-order valence-corrected chi connectivity index (χ3v) is 2.90. The van der Waals surface area contributed by atoms with Crippen LogP contribution in [0.3, 0.4) is 0 Å². The van der Waals surface area contributed by atoms with E-state index >= 15 is 0 Å². The van der Waals surface area contributed by atoms with Crippen LogP contribution in [0.25, 0.3) is 22.4 Å². The second kappa shape index (κ2) is 6.12. The van der Waals surface area contributed by atoms with Gasteiger partial charge in [-0.2, -0.15) is 0 Å². The lowest BCUT2D eigenvalue weighted by molar-refractivity contribution is 0.240. The van der Waals surface area contributed by atoms with Crippen molar-refractivity contribution in [3.8, 4) is 23.4 Å². The molecule has 21 heavy (non-hydrogen) atoms. The van der Waals surface area contributed by atoms with Crippen molar-refractivity contribution in [1.29, 1.82) is 0 Å². The number of ether oxygens (including phenoxy) is 1. The van der Waals surface area contributed by atoms with E-state index in [1.165, 1.54) is 0 Å². The Balaban J connectivity index is 1.98. The molecule has 0 atom stereocenters. The summed E-state index contributed by atoms with van der Waals surface area (Å²) in [6.45, 7) is 0.387. The monoisotopic (exact) mass is 275 g/mol. The van der Waals surface area contributed by atoms with Crippen LogP contribution in [0, 0.1) is 11.8 Å². The molecule has 2 aromatic heterocycles. The molecular formula is C17H13N3O. The Labute approximate surface area is 122 Å². The highest BCUT2D eigenvalue weighted by molar-refractivity contribution is 5.79. The Bertz CT molecular complexity index is 834. The summed E-state index contributed by atoms with van der Waals surface area (Å²) in [6.07, 6.45) is 1.81. The maximum atomic E-state index is 4.90. The normalized spacial score (nSPS) is 10.1. The highest BCUT2D eigenvalue weighted by atomic mass is 16.5. The smallest absolute Gasteiger partial charge is 0.178 e. The predicted molar refractivity (Wildman–Crippen MR) is 81.5 cm³/mol. The first kappa shape index (κ1) is 13.2. The molecule has 4 nitrogen and oxygen atoms in total. The van der Waals surface area contributed by atoms with Crippen molar-refractivity contribution >= 4 is 10.9 Å². The summed E-state index contributed by atoms with van der Waals surface area (Å²) in [5.74, 6) is 6.44. The summed E-state index contributed by atoms with van der Waals surface area (Å²) in [5.41, 5.74) is 2.30. The molecule has 0 aliphatic rings. The average molecular weight is 275 g/mol. The first-order chi connectivity index (χ1) is 10.4. The topological polar surface area (TPSA) is 47.9 Å². The lowest BCUT2D eigenvalue weighted by Gasteiger charge is -2.02. The zero-order valence-corrected chi connectivity index (χ0v) is 11.6. The third-order valence-electron chi connectivity index (χ3n) is 2.90. The van der Waals surface area contributed by atoms with Gasteiger partial charge in [0.05, 0.1) is 5.52 Å². The quantitative estimate of drug-likeness (QED) is 0.675. The fourth-order valence-electron chi connectivity index (χ4n) is 1.92. The van der Waals surface area contributed by atoms with Crippen LogP contribution >= 0.6 is 0 Å². The molecule has 0 aliphatic heterocycles. The van der Waals surface area contributed by atoms with E-state index in [1.807, 2.05) is 48.7 Å². The number of aromatic nitrogens is 3. The summed E-state index contributed by atoms with van der Waals surface area (Å²) >= 11 is 0. The highest BCUT2D eigenvalue weighted by Crippen LogP contribution is 2.16. The zero-order valence-electron chi connectivity index (χ0n) is 11.6. The molecular weight excluding hydrogens is 262 g/mol. The molecule has 0 radical (unpaired) electrons. The number of rotatable bonds is 2. The SMILES string of the molecule is COCC#Cc1cccc(-c2ncc3ccccc3n2)n1. The summed E-state index contributed by atoms with van der Waals surface area (Å²) in [6, 6.07) is 13.5. The summed E-state index contributed by atoms with van der Waals surface area (Å²) in [7, 11) is 1.61. The molecule has 3 rings (SSSR count). The fourth-order valence-corrected chi connectivity index (χ4v) is 1.92. The summed E-state index contributed by atoms with van der Waals surface area (Å²) < 4.78 is 4.90. The summed E-state index contributed by atoms with van der Waals surface area (Å²) in [5, 5.41) is 1.01. The molecule has 0 saturated carbocycles. The lowest BCUT2D eigenvalue weighted by Crippen LogP contribution is -1.94. The second-order valence-corrected chi connectivity index (χ2v) is 4.40. The molecule has 0 fully saturated rings. The molecule has 2 heterocycles. The number of hydrogen-bond acceptors (Lipinski definition) is 4. The van der Waals surface area contributed by atoms with Crippen LogP contribution in [-0.2, 0) is 4.74 Å². The Morgan fingerprint density at radius 1 is 1.05 bits per heavy atom. The van der Waals surface area contributed by atoms with Gasteiger partial charge in [0.1, 0.15) is 18.0 Å². The van der Waals surface area contributed by atoms with E-state index in [1.54, 1.807) is 7.11 Å².